The molecule has 4 nitrogen and oxygen atoms in total. The second-order valence-corrected chi connectivity index (χ2v) is 4.73. The first-order chi connectivity index (χ1) is 9.28. The average molecular weight is 259 g/mol. The number of nitrogens with zero attached hydrogens (tertiary/aromatic N) is 1. The number of aromatic nitrogens is 2. The molecule has 0 unspecified atom stereocenters. The largest absolute Gasteiger partial charge is 0.497 e. The van der Waals surface area contributed by atoms with Crippen molar-refractivity contribution in [2.45, 2.75) is 25.8 Å². The lowest BCUT2D eigenvalue weighted by molar-refractivity contribution is 0.414. The molecule has 0 bridgehead atoms. The van der Waals surface area contributed by atoms with E-state index < -0.39 is 0 Å². The zero-order chi connectivity index (χ0) is 13.5. The first-order valence-electron chi connectivity index (χ1n) is 6.61. The summed E-state index contributed by atoms with van der Waals surface area (Å²) in [6, 6.07) is 8.70. The van der Waals surface area contributed by atoms with Crippen molar-refractivity contribution >= 4 is 0 Å². The molecule has 0 aliphatic rings. The average Bonchev–Trinajstić information content (AvgIpc) is 2.93. The molecule has 2 rings (SSSR count). The third-order valence-electron chi connectivity index (χ3n) is 3.14. The number of ether oxygens (including phenoxy) is 1. The molecular weight excluding hydrogens is 238 g/mol. The van der Waals surface area contributed by atoms with Crippen molar-refractivity contribution < 1.29 is 4.74 Å². The molecule has 1 aromatic carbocycles. The van der Waals surface area contributed by atoms with Crippen molar-refractivity contribution in [2.75, 3.05) is 13.7 Å². The van der Waals surface area contributed by atoms with Gasteiger partial charge in [0.15, 0.2) is 0 Å². The molecule has 4 heteroatoms. The number of imidazole rings is 1. The topological polar surface area (TPSA) is 49.9 Å². The maximum absolute atomic E-state index is 5.16. The fourth-order valence-corrected chi connectivity index (χ4v) is 2.06. The van der Waals surface area contributed by atoms with Gasteiger partial charge in [-0.05, 0) is 31.0 Å². The van der Waals surface area contributed by atoms with E-state index in [4.69, 9.17) is 4.74 Å². The van der Waals surface area contributed by atoms with Crippen LogP contribution in [0.5, 0.6) is 5.75 Å². The van der Waals surface area contributed by atoms with Crippen LogP contribution in [0.4, 0.5) is 0 Å². The summed E-state index contributed by atoms with van der Waals surface area (Å²) in [6.07, 6.45) is 5.59. The van der Waals surface area contributed by atoms with E-state index in [2.05, 4.69) is 34.3 Å². The van der Waals surface area contributed by atoms with Gasteiger partial charge in [-0.2, -0.15) is 0 Å². The molecule has 19 heavy (non-hydrogen) atoms. The van der Waals surface area contributed by atoms with Crippen LogP contribution in [0.3, 0.4) is 0 Å². The van der Waals surface area contributed by atoms with E-state index in [0.717, 1.165) is 25.1 Å². The van der Waals surface area contributed by atoms with Gasteiger partial charge in [-0.15, -0.1) is 0 Å². The van der Waals surface area contributed by atoms with E-state index in [0.29, 0.717) is 6.04 Å². The molecule has 0 fully saturated rings. The molecule has 2 aromatic rings. The molecule has 102 valence electrons. The van der Waals surface area contributed by atoms with Crippen molar-refractivity contribution in [3.8, 4) is 5.75 Å². The number of rotatable bonds is 7. The van der Waals surface area contributed by atoms with Gasteiger partial charge in [0.1, 0.15) is 5.75 Å². The Hall–Kier alpha value is -1.81. The highest BCUT2D eigenvalue weighted by Crippen LogP contribution is 2.12. The van der Waals surface area contributed by atoms with Crippen LogP contribution in [0, 0.1) is 0 Å². The minimum absolute atomic E-state index is 0.455. The lowest BCUT2D eigenvalue weighted by atomic mass is 10.1. The van der Waals surface area contributed by atoms with Gasteiger partial charge < -0.3 is 15.0 Å². The van der Waals surface area contributed by atoms with E-state index in [1.54, 1.807) is 13.4 Å². The number of benzene rings is 1. The van der Waals surface area contributed by atoms with Gasteiger partial charge in [0, 0.05) is 30.9 Å². The first-order valence-corrected chi connectivity index (χ1v) is 6.61. The summed E-state index contributed by atoms with van der Waals surface area (Å²) in [5.41, 5.74) is 2.49. The highest BCUT2D eigenvalue weighted by atomic mass is 16.5. The molecule has 1 heterocycles. The molecule has 0 radical (unpaired) electrons. The lowest BCUT2D eigenvalue weighted by Gasteiger charge is -2.13. The minimum atomic E-state index is 0.455. The molecule has 0 amide bonds. The Labute approximate surface area is 114 Å². The third kappa shape index (κ3) is 4.41. The Kier molecular flexibility index (Phi) is 4.98. The number of aromatic amines is 1. The van der Waals surface area contributed by atoms with Crippen LogP contribution < -0.4 is 10.1 Å². The van der Waals surface area contributed by atoms with Crippen molar-refractivity contribution in [2.24, 2.45) is 0 Å². The Morgan fingerprint density at radius 2 is 2.11 bits per heavy atom. The summed E-state index contributed by atoms with van der Waals surface area (Å²) in [5, 5.41) is 3.52. The fraction of sp³-hybridized carbons (Fsp3) is 0.400. The van der Waals surface area contributed by atoms with Gasteiger partial charge in [-0.3, -0.25) is 0 Å². The molecule has 0 aliphatic heterocycles. The maximum Gasteiger partial charge on any atom is 0.118 e. The number of hydrogen-bond donors (Lipinski definition) is 2. The van der Waals surface area contributed by atoms with Gasteiger partial charge >= 0.3 is 0 Å². The molecule has 0 spiro atoms. The molecule has 1 atom stereocenters. The zero-order valence-corrected chi connectivity index (χ0v) is 11.5. The number of H-pyrrole nitrogens is 1. The summed E-state index contributed by atoms with van der Waals surface area (Å²) < 4.78 is 5.16. The van der Waals surface area contributed by atoms with Crippen LogP contribution in [-0.2, 0) is 12.8 Å². The monoisotopic (exact) mass is 259 g/mol. The van der Waals surface area contributed by atoms with E-state index in [-0.39, 0.29) is 0 Å². The maximum atomic E-state index is 5.16. The fourth-order valence-electron chi connectivity index (χ4n) is 2.06. The molecule has 2 N–H and O–H groups in total. The Balaban J connectivity index is 1.72. The summed E-state index contributed by atoms with van der Waals surface area (Å²) in [7, 11) is 1.69. The van der Waals surface area contributed by atoms with Crippen LogP contribution in [0.2, 0.25) is 0 Å². The molecule has 0 saturated heterocycles. The number of nitrogens with one attached hydrogen (secondary N) is 2. The lowest BCUT2D eigenvalue weighted by Crippen LogP contribution is -2.30. The van der Waals surface area contributed by atoms with Gasteiger partial charge in [-0.1, -0.05) is 12.1 Å². The zero-order valence-electron chi connectivity index (χ0n) is 11.5. The predicted octanol–water partition coefficient (Wildman–Crippen LogP) is 2.18. The highest BCUT2D eigenvalue weighted by molar-refractivity contribution is 5.27. The van der Waals surface area contributed by atoms with Crippen molar-refractivity contribution in [3.63, 3.8) is 0 Å². The second-order valence-electron chi connectivity index (χ2n) is 4.73. The standard InChI is InChI=1S/C15H21N3O/c1-12(17-8-7-14-10-16-11-18-14)9-13-3-5-15(19-2)6-4-13/h3-6,10-12,17H,7-9H2,1-2H3,(H,16,18)/t12-/m1/s1. The summed E-state index contributed by atoms with van der Waals surface area (Å²) >= 11 is 0. The highest BCUT2D eigenvalue weighted by Gasteiger charge is 2.03. The molecule has 0 saturated carbocycles. The van der Waals surface area contributed by atoms with Crippen molar-refractivity contribution in [1.82, 2.24) is 15.3 Å². The summed E-state index contributed by atoms with van der Waals surface area (Å²) in [5.74, 6) is 0.906. The minimum Gasteiger partial charge on any atom is -0.497 e. The van der Waals surface area contributed by atoms with Crippen LogP contribution >= 0.6 is 0 Å². The smallest absolute Gasteiger partial charge is 0.118 e. The summed E-state index contributed by atoms with van der Waals surface area (Å²) in [4.78, 5) is 7.12. The second kappa shape index (κ2) is 6.95. The Bertz CT molecular complexity index is 465. The quantitative estimate of drug-likeness (QED) is 0.801. The molecule has 0 aliphatic carbocycles. The number of hydrogen-bond acceptors (Lipinski definition) is 3. The van der Waals surface area contributed by atoms with Crippen molar-refractivity contribution in [3.05, 3.63) is 48.0 Å². The SMILES string of the molecule is COc1ccc(C[C@@H](C)NCCc2cnc[nH]2)cc1. The first kappa shape index (κ1) is 13.6. The van der Waals surface area contributed by atoms with Gasteiger partial charge in [-0.25, -0.2) is 4.98 Å². The summed E-state index contributed by atoms with van der Waals surface area (Å²) in [6.45, 7) is 3.16. The normalized spacial score (nSPS) is 12.3. The van der Waals surface area contributed by atoms with Crippen molar-refractivity contribution in [1.29, 1.82) is 0 Å². The van der Waals surface area contributed by atoms with E-state index in [1.807, 2.05) is 18.3 Å². The predicted molar refractivity (Wildman–Crippen MR) is 76.5 cm³/mol. The molecular formula is C15H21N3O. The van der Waals surface area contributed by atoms with Crippen LogP contribution in [-0.4, -0.2) is 29.7 Å². The van der Waals surface area contributed by atoms with Crippen LogP contribution in [0.25, 0.3) is 0 Å². The number of methoxy groups -OCH3 is 1. The Morgan fingerprint density at radius 3 is 2.74 bits per heavy atom. The van der Waals surface area contributed by atoms with Gasteiger partial charge in [0.25, 0.3) is 0 Å². The van der Waals surface area contributed by atoms with E-state index in [1.165, 1.54) is 11.3 Å². The van der Waals surface area contributed by atoms with Crippen LogP contribution in [0.1, 0.15) is 18.2 Å². The van der Waals surface area contributed by atoms with Gasteiger partial charge in [0.05, 0.1) is 13.4 Å². The molecule has 1 aromatic heterocycles. The third-order valence-corrected chi connectivity index (χ3v) is 3.14. The van der Waals surface area contributed by atoms with Crippen LogP contribution in [0.15, 0.2) is 36.8 Å². The Morgan fingerprint density at radius 1 is 1.32 bits per heavy atom. The van der Waals surface area contributed by atoms with Gasteiger partial charge in [0.2, 0.25) is 0 Å². The van der Waals surface area contributed by atoms with E-state index in [9.17, 15) is 0 Å². The van der Waals surface area contributed by atoms with E-state index >= 15 is 0 Å².